The van der Waals surface area contributed by atoms with Gasteiger partial charge in [-0.05, 0) is 86.3 Å². The van der Waals surface area contributed by atoms with Crippen LogP contribution in [0.25, 0.3) is 0 Å². The molecule has 0 aliphatic carbocycles. The fraction of sp³-hybridized carbons (Fsp3) is 0.269. The van der Waals surface area contributed by atoms with E-state index in [1.807, 2.05) is 44.4 Å². The van der Waals surface area contributed by atoms with Crippen LogP contribution in [-0.2, 0) is 21.4 Å². The Morgan fingerprint density at radius 2 is 1.57 bits per heavy atom. The highest BCUT2D eigenvalue weighted by atomic mass is 32.2. The number of nitrogens with zero attached hydrogens (tertiary/aromatic N) is 1. The minimum atomic E-state index is -3.99. The average Bonchev–Trinajstić information content (AvgIpc) is 2.87. The zero-order valence-electron chi connectivity index (χ0n) is 20.1. The van der Waals surface area contributed by atoms with Crippen LogP contribution < -0.4 is 19.1 Å². The van der Waals surface area contributed by atoms with Crippen LogP contribution in [0.2, 0.25) is 0 Å². The lowest BCUT2D eigenvalue weighted by molar-refractivity contribution is -0.119. The van der Waals surface area contributed by atoms with E-state index < -0.39 is 15.9 Å². The van der Waals surface area contributed by atoms with Crippen molar-refractivity contribution in [2.45, 2.75) is 30.2 Å². The van der Waals surface area contributed by atoms with Gasteiger partial charge in [-0.3, -0.25) is 9.10 Å². The molecule has 0 heterocycles. The number of sulfonamides is 1. The van der Waals surface area contributed by atoms with Crippen LogP contribution in [0.3, 0.4) is 0 Å². The van der Waals surface area contributed by atoms with Gasteiger partial charge in [-0.15, -0.1) is 11.8 Å². The molecular weight excluding hydrogens is 484 g/mol. The summed E-state index contributed by atoms with van der Waals surface area (Å²) in [5, 5.41) is 2.81. The third kappa shape index (κ3) is 7.16. The number of ether oxygens (including phenoxy) is 2. The lowest BCUT2D eigenvalue weighted by atomic mass is 10.2. The van der Waals surface area contributed by atoms with Gasteiger partial charge in [0.2, 0.25) is 5.91 Å². The van der Waals surface area contributed by atoms with Gasteiger partial charge >= 0.3 is 0 Å². The number of amides is 1. The van der Waals surface area contributed by atoms with E-state index in [1.54, 1.807) is 48.5 Å². The van der Waals surface area contributed by atoms with Crippen molar-refractivity contribution in [2.75, 3.05) is 30.3 Å². The van der Waals surface area contributed by atoms with Crippen LogP contribution in [0.1, 0.15) is 19.4 Å². The number of hydrogen-bond donors (Lipinski definition) is 1. The summed E-state index contributed by atoms with van der Waals surface area (Å²) in [6.07, 6.45) is 1.92. The molecule has 186 valence electrons. The number of benzene rings is 3. The molecule has 0 atom stereocenters. The second-order valence-corrected chi connectivity index (χ2v) is 10.2. The van der Waals surface area contributed by atoms with Crippen molar-refractivity contribution in [3.8, 4) is 11.5 Å². The van der Waals surface area contributed by atoms with E-state index >= 15 is 0 Å². The molecule has 3 aromatic carbocycles. The maximum Gasteiger partial charge on any atom is 0.264 e. The van der Waals surface area contributed by atoms with E-state index in [0.717, 1.165) is 14.8 Å². The van der Waals surface area contributed by atoms with Gasteiger partial charge in [-0.1, -0.05) is 12.1 Å². The lowest BCUT2D eigenvalue weighted by Crippen LogP contribution is -2.40. The third-order valence-electron chi connectivity index (χ3n) is 5.07. The number of rotatable bonds is 12. The fourth-order valence-electron chi connectivity index (χ4n) is 3.36. The first-order chi connectivity index (χ1) is 16.9. The molecule has 3 aromatic rings. The number of carbonyl (C=O) groups excluding carboxylic acids is 1. The number of nitrogens with one attached hydrogen (secondary N) is 1. The number of anilines is 1. The topological polar surface area (TPSA) is 84.9 Å². The van der Waals surface area contributed by atoms with Gasteiger partial charge in [-0.2, -0.15) is 0 Å². The first-order valence-corrected chi connectivity index (χ1v) is 13.9. The largest absolute Gasteiger partial charge is 0.494 e. The number of hydrogen-bond acceptors (Lipinski definition) is 6. The lowest BCUT2D eigenvalue weighted by Gasteiger charge is -2.24. The summed E-state index contributed by atoms with van der Waals surface area (Å²) >= 11 is 1.52. The fourth-order valence-corrected chi connectivity index (χ4v) is 5.19. The van der Waals surface area contributed by atoms with Crippen LogP contribution in [-0.4, -0.2) is 40.3 Å². The van der Waals surface area contributed by atoms with Gasteiger partial charge in [0.15, 0.2) is 0 Å². The molecule has 0 radical (unpaired) electrons. The Labute approximate surface area is 211 Å². The molecule has 1 N–H and O–H groups in total. The Morgan fingerprint density at radius 1 is 0.914 bits per heavy atom. The molecule has 0 aromatic heterocycles. The van der Waals surface area contributed by atoms with E-state index in [0.29, 0.717) is 30.4 Å². The molecule has 0 aliphatic rings. The first-order valence-electron chi connectivity index (χ1n) is 11.3. The molecule has 0 unspecified atom stereocenters. The van der Waals surface area contributed by atoms with E-state index in [9.17, 15) is 13.2 Å². The van der Waals surface area contributed by atoms with E-state index in [4.69, 9.17) is 9.47 Å². The summed E-state index contributed by atoms with van der Waals surface area (Å²) in [6, 6.07) is 20.7. The number of thioether (sulfide) groups is 1. The van der Waals surface area contributed by atoms with Crippen molar-refractivity contribution in [1.82, 2.24) is 5.32 Å². The maximum atomic E-state index is 13.6. The van der Waals surface area contributed by atoms with Crippen LogP contribution in [0, 0.1) is 0 Å². The molecule has 0 saturated carbocycles. The van der Waals surface area contributed by atoms with Crippen molar-refractivity contribution < 1.29 is 22.7 Å². The van der Waals surface area contributed by atoms with Gasteiger partial charge in [-0.25, -0.2) is 8.42 Å². The van der Waals surface area contributed by atoms with Crippen molar-refractivity contribution in [1.29, 1.82) is 0 Å². The zero-order chi connectivity index (χ0) is 25.3. The van der Waals surface area contributed by atoms with E-state index in [2.05, 4.69) is 5.32 Å². The Morgan fingerprint density at radius 3 is 2.20 bits per heavy atom. The first kappa shape index (κ1) is 26.4. The molecule has 1 amide bonds. The normalized spacial score (nSPS) is 11.1. The second kappa shape index (κ2) is 12.5. The predicted octanol–water partition coefficient (Wildman–Crippen LogP) is 4.72. The van der Waals surface area contributed by atoms with Gasteiger partial charge in [0.25, 0.3) is 10.0 Å². The van der Waals surface area contributed by atoms with E-state index in [1.165, 1.54) is 11.8 Å². The molecule has 0 fully saturated rings. The van der Waals surface area contributed by atoms with Gasteiger partial charge in [0.1, 0.15) is 18.0 Å². The summed E-state index contributed by atoms with van der Waals surface area (Å²) in [7, 11) is -3.99. The SMILES string of the molecule is CCOc1ccc(N(CC(=O)NCc2cccc(OCC)c2)S(=O)(=O)c2ccc(SC)cc2)cc1. The monoisotopic (exact) mass is 514 g/mol. The number of carbonyl (C=O) groups is 1. The summed E-state index contributed by atoms with van der Waals surface area (Å²) in [4.78, 5) is 13.9. The molecule has 0 aliphatic heterocycles. The average molecular weight is 515 g/mol. The Balaban J connectivity index is 1.83. The minimum absolute atomic E-state index is 0.112. The maximum absolute atomic E-state index is 13.6. The highest BCUT2D eigenvalue weighted by Gasteiger charge is 2.27. The Hall–Kier alpha value is -3.17. The zero-order valence-corrected chi connectivity index (χ0v) is 21.7. The molecule has 0 bridgehead atoms. The predicted molar refractivity (Wildman–Crippen MR) is 140 cm³/mol. The van der Waals surface area contributed by atoms with Crippen molar-refractivity contribution >= 4 is 33.4 Å². The summed E-state index contributed by atoms with van der Waals surface area (Å²) in [5.41, 5.74) is 1.23. The highest BCUT2D eigenvalue weighted by Crippen LogP contribution is 2.27. The second-order valence-electron chi connectivity index (χ2n) is 7.47. The molecule has 3 rings (SSSR count). The summed E-state index contributed by atoms with van der Waals surface area (Å²) < 4.78 is 39.2. The molecule has 9 heteroatoms. The van der Waals surface area contributed by atoms with Crippen molar-refractivity contribution in [2.24, 2.45) is 0 Å². The van der Waals surface area contributed by atoms with Gasteiger partial charge in [0, 0.05) is 11.4 Å². The minimum Gasteiger partial charge on any atom is -0.494 e. The van der Waals surface area contributed by atoms with E-state index in [-0.39, 0.29) is 18.0 Å². The molecule has 7 nitrogen and oxygen atoms in total. The molecule has 35 heavy (non-hydrogen) atoms. The quantitative estimate of drug-likeness (QED) is 0.352. The summed E-state index contributed by atoms with van der Waals surface area (Å²) in [5.74, 6) is 0.910. The Bertz CT molecular complexity index is 1210. The van der Waals surface area contributed by atoms with Crippen LogP contribution in [0.5, 0.6) is 11.5 Å². The molecule has 0 saturated heterocycles. The third-order valence-corrected chi connectivity index (χ3v) is 7.60. The van der Waals surface area contributed by atoms with Crippen molar-refractivity contribution in [3.05, 3.63) is 78.4 Å². The van der Waals surface area contributed by atoms with Crippen LogP contribution in [0.15, 0.2) is 82.6 Å². The van der Waals surface area contributed by atoms with Crippen LogP contribution in [0.4, 0.5) is 5.69 Å². The Kier molecular flexibility index (Phi) is 9.45. The molecule has 0 spiro atoms. The molecular formula is C26H30N2O5S2. The standard InChI is InChI=1S/C26H30N2O5S2/c1-4-32-22-11-9-21(10-12-22)28(35(30,31)25-15-13-24(34-3)14-16-25)19-26(29)27-18-20-7-6-8-23(17-20)33-5-2/h6-17H,4-5,18-19H2,1-3H3,(H,27,29). The van der Waals surface area contributed by atoms with Crippen LogP contribution >= 0.6 is 11.8 Å². The highest BCUT2D eigenvalue weighted by molar-refractivity contribution is 7.98. The van der Waals surface area contributed by atoms with Gasteiger partial charge < -0.3 is 14.8 Å². The van der Waals surface area contributed by atoms with Crippen molar-refractivity contribution in [3.63, 3.8) is 0 Å². The summed E-state index contributed by atoms with van der Waals surface area (Å²) in [6.45, 7) is 4.69. The van der Waals surface area contributed by atoms with Gasteiger partial charge in [0.05, 0.1) is 23.8 Å². The smallest absolute Gasteiger partial charge is 0.264 e.